The van der Waals surface area contributed by atoms with Crippen LogP contribution in [-0.4, -0.2) is 5.97 Å². The van der Waals surface area contributed by atoms with E-state index < -0.39 is 5.97 Å². The van der Waals surface area contributed by atoms with Crippen LogP contribution in [0.2, 0.25) is 5.02 Å². The van der Waals surface area contributed by atoms with Gasteiger partial charge >= 0.3 is 5.97 Å². The first-order chi connectivity index (χ1) is 12.2. The molecular weight excluding hydrogens is 334 g/mol. The standard InChI is InChI=1S/C21H16ClNO2/c1-2-21(24)25-20-10-6-9-19(15-20)23(17-7-4-3-5-8-17)18-13-11-16(22)12-14-18/h2-15H,1H2. The fourth-order valence-corrected chi connectivity index (χ4v) is 2.58. The number of ether oxygens (including phenoxy) is 1. The van der Waals surface area contributed by atoms with Crippen LogP contribution in [0, 0.1) is 0 Å². The molecule has 3 aromatic carbocycles. The average molecular weight is 350 g/mol. The summed E-state index contributed by atoms with van der Waals surface area (Å²) in [7, 11) is 0. The van der Waals surface area contributed by atoms with Crippen LogP contribution in [0.15, 0.2) is 91.5 Å². The molecule has 0 saturated heterocycles. The Kier molecular flexibility index (Phi) is 5.17. The van der Waals surface area contributed by atoms with Crippen molar-refractivity contribution in [3.63, 3.8) is 0 Å². The summed E-state index contributed by atoms with van der Waals surface area (Å²) >= 11 is 6.02. The Hall–Kier alpha value is -3.04. The van der Waals surface area contributed by atoms with Crippen LogP contribution in [0.1, 0.15) is 0 Å². The monoisotopic (exact) mass is 349 g/mol. The van der Waals surface area contributed by atoms with Crippen molar-refractivity contribution in [2.45, 2.75) is 0 Å². The zero-order valence-corrected chi connectivity index (χ0v) is 14.2. The summed E-state index contributed by atoms with van der Waals surface area (Å²) in [5.74, 6) is -0.0350. The molecule has 124 valence electrons. The van der Waals surface area contributed by atoms with Gasteiger partial charge in [-0.15, -0.1) is 0 Å². The van der Waals surface area contributed by atoms with Gasteiger partial charge in [0.25, 0.3) is 0 Å². The summed E-state index contributed by atoms with van der Waals surface area (Å²) in [4.78, 5) is 13.5. The number of carbonyl (C=O) groups is 1. The number of halogens is 1. The number of anilines is 3. The van der Waals surface area contributed by atoms with Crippen LogP contribution >= 0.6 is 11.6 Å². The summed E-state index contributed by atoms with van der Waals surface area (Å²) in [6.07, 6.45) is 1.14. The molecule has 4 heteroatoms. The maximum Gasteiger partial charge on any atom is 0.335 e. The van der Waals surface area contributed by atoms with Gasteiger partial charge in [0, 0.05) is 34.2 Å². The highest BCUT2D eigenvalue weighted by atomic mass is 35.5. The van der Waals surface area contributed by atoms with Gasteiger partial charge in [0.05, 0.1) is 0 Å². The van der Waals surface area contributed by atoms with E-state index in [1.54, 1.807) is 6.07 Å². The van der Waals surface area contributed by atoms with Crippen molar-refractivity contribution in [3.05, 3.63) is 96.5 Å². The number of para-hydroxylation sites is 1. The van der Waals surface area contributed by atoms with Crippen molar-refractivity contribution in [3.8, 4) is 5.75 Å². The molecule has 25 heavy (non-hydrogen) atoms. The zero-order valence-electron chi connectivity index (χ0n) is 13.4. The molecule has 0 aliphatic heterocycles. The van der Waals surface area contributed by atoms with Gasteiger partial charge in [-0.3, -0.25) is 0 Å². The van der Waals surface area contributed by atoms with Gasteiger partial charge in [-0.05, 0) is 48.5 Å². The molecule has 0 N–H and O–H groups in total. The third-order valence-corrected chi connectivity index (χ3v) is 3.81. The zero-order chi connectivity index (χ0) is 17.6. The van der Waals surface area contributed by atoms with E-state index in [4.69, 9.17) is 16.3 Å². The summed E-state index contributed by atoms with van der Waals surface area (Å²) in [6, 6.07) is 24.8. The minimum atomic E-state index is -0.491. The maximum atomic E-state index is 11.5. The van der Waals surface area contributed by atoms with Crippen LogP contribution in [0.5, 0.6) is 5.75 Å². The summed E-state index contributed by atoms with van der Waals surface area (Å²) in [6.45, 7) is 3.42. The predicted molar refractivity (Wildman–Crippen MR) is 102 cm³/mol. The van der Waals surface area contributed by atoms with E-state index in [-0.39, 0.29) is 0 Å². The first kappa shape index (κ1) is 16.8. The quantitative estimate of drug-likeness (QED) is 0.326. The lowest BCUT2D eigenvalue weighted by Crippen LogP contribution is -2.10. The molecule has 0 atom stereocenters. The van der Waals surface area contributed by atoms with Crippen molar-refractivity contribution in [2.24, 2.45) is 0 Å². The van der Waals surface area contributed by atoms with Crippen LogP contribution in [-0.2, 0) is 4.79 Å². The lowest BCUT2D eigenvalue weighted by Gasteiger charge is -2.25. The Bertz CT molecular complexity index is 876. The molecule has 0 saturated carbocycles. The van der Waals surface area contributed by atoms with Crippen LogP contribution < -0.4 is 9.64 Å². The number of hydrogen-bond acceptors (Lipinski definition) is 3. The Morgan fingerprint density at radius 1 is 0.880 bits per heavy atom. The van der Waals surface area contributed by atoms with E-state index in [9.17, 15) is 4.79 Å². The highest BCUT2D eigenvalue weighted by molar-refractivity contribution is 6.30. The van der Waals surface area contributed by atoms with E-state index in [2.05, 4.69) is 11.5 Å². The van der Waals surface area contributed by atoms with E-state index >= 15 is 0 Å². The molecule has 0 radical (unpaired) electrons. The Morgan fingerprint density at radius 3 is 2.20 bits per heavy atom. The van der Waals surface area contributed by atoms with Gasteiger partial charge in [0.15, 0.2) is 0 Å². The minimum absolute atomic E-state index is 0.456. The molecule has 0 unspecified atom stereocenters. The first-order valence-electron chi connectivity index (χ1n) is 7.72. The van der Waals surface area contributed by atoms with E-state index in [1.807, 2.05) is 72.8 Å². The largest absolute Gasteiger partial charge is 0.423 e. The minimum Gasteiger partial charge on any atom is -0.423 e. The third kappa shape index (κ3) is 4.08. The third-order valence-electron chi connectivity index (χ3n) is 3.56. The highest BCUT2D eigenvalue weighted by Gasteiger charge is 2.13. The molecule has 0 fully saturated rings. The molecule has 3 rings (SSSR count). The van der Waals surface area contributed by atoms with Crippen LogP contribution in [0.4, 0.5) is 17.1 Å². The van der Waals surface area contributed by atoms with Gasteiger partial charge in [0.1, 0.15) is 5.75 Å². The summed E-state index contributed by atoms with van der Waals surface area (Å²) < 4.78 is 5.24. The molecule has 0 amide bonds. The van der Waals surface area contributed by atoms with Crippen LogP contribution in [0.25, 0.3) is 0 Å². The number of benzene rings is 3. The SMILES string of the molecule is C=CC(=O)Oc1cccc(N(c2ccccc2)c2ccc(Cl)cc2)c1. The normalized spacial score (nSPS) is 10.1. The lowest BCUT2D eigenvalue weighted by molar-refractivity contribution is -0.128. The number of nitrogens with zero attached hydrogens (tertiary/aromatic N) is 1. The summed E-state index contributed by atoms with van der Waals surface area (Å²) in [5, 5.41) is 0.672. The first-order valence-corrected chi connectivity index (χ1v) is 8.10. The Labute approximate surface area is 151 Å². The second kappa shape index (κ2) is 7.69. The van der Waals surface area contributed by atoms with Crippen molar-refractivity contribution < 1.29 is 9.53 Å². The Morgan fingerprint density at radius 2 is 1.52 bits per heavy atom. The molecule has 0 aromatic heterocycles. The highest BCUT2D eigenvalue weighted by Crippen LogP contribution is 2.36. The molecule has 0 aliphatic rings. The molecule has 3 aromatic rings. The van der Waals surface area contributed by atoms with Gasteiger partial charge in [-0.1, -0.05) is 42.4 Å². The van der Waals surface area contributed by atoms with Gasteiger partial charge < -0.3 is 9.64 Å². The second-order valence-corrected chi connectivity index (χ2v) is 5.71. The van der Waals surface area contributed by atoms with E-state index in [0.717, 1.165) is 23.1 Å². The molecule has 0 heterocycles. The van der Waals surface area contributed by atoms with E-state index in [0.29, 0.717) is 10.8 Å². The molecule has 0 aliphatic carbocycles. The van der Waals surface area contributed by atoms with Crippen molar-refractivity contribution in [1.29, 1.82) is 0 Å². The molecule has 0 bridgehead atoms. The number of esters is 1. The fraction of sp³-hybridized carbons (Fsp3) is 0. The molecular formula is C21H16ClNO2. The Balaban J connectivity index is 2.06. The fourth-order valence-electron chi connectivity index (χ4n) is 2.46. The molecule has 0 spiro atoms. The number of hydrogen-bond donors (Lipinski definition) is 0. The second-order valence-electron chi connectivity index (χ2n) is 5.27. The van der Waals surface area contributed by atoms with E-state index in [1.165, 1.54) is 0 Å². The topological polar surface area (TPSA) is 29.5 Å². The van der Waals surface area contributed by atoms with Gasteiger partial charge in [-0.25, -0.2) is 4.79 Å². The predicted octanol–water partition coefficient (Wildman–Crippen LogP) is 5.90. The molecule has 3 nitrogen and oxygen atoms in total. The lowest BCUT2D eigenvalue weighted by atomic mass is 10.2. The van der Waals surface area contributed by atoms with Gasteiger partial charge in [-0.2, -0.15) is 0 Å². The summed E-state index contributed by atoms with van der Waals surface area (Å²) in [5.41, 5.74) is 2.79. The average Bonchev–Trinajstić information content (AvgIpc) is 2.65. The smallest absolute Gasteiger partial charge is 0.335 e. The number of carbonyl (C=O) groups excluding carboxylic acids is 1. The van der Waals surface area contributed by atoms with Crippen LogP contribution in [0.3, 0.4) is 0 Å². The van der Waals surface area contributed by atoms with Gasteiger partial charge in [0.2, 0.25) is 0 Å². The maximum absolute atomic E-state index is 11.5. The van der Waals surface area contributed by atoms with Crippen molar-refractivity contribution in [1.82, 2.24) is 0 Å². The number of rotatable bonds is 5. The van der Waals surface area contributed by atoms with Crippen molar-refractivity contribution >= 4 is 34.6 Å². The van der Waals surface area contributed by atoms with Crippen molar-refractivity contribution in [2.75, 3.05) is 4.90 Å².